The van der Waals surface area contributed by atoms with Crippen LogP contribution >= 0.6 is 0 Å². The Balaban J connectivity index is 2.18. The van der Waals surface area contributed by atoms with E-state index >= 15 is 0 Å². The third kappa shape index (κ3) is 2.72. The summed E-state index contributed by atoms with van der Waals surface area (Å²) in [6, 6.07) is 6.19. The fourth-order valence-electron chi connectivity index (χ4n) is 2.41. The summed E-state index contributed by atoms with van der Waals surface area (Å²) >= 11 is 0. The fourth-order valence-corrected chi connectivity index (χ4v) is 2.41. The molecule has 3 N–H and O–H groups in total. The van der Waals surface area contributed by atoms with Gasteiger partial charge in [-0.1, -0.05) is 13.0 Å². The molecule has 2 rings (SSSR count). The van der Waals surface area contributed by atoms with Crippen LogP contribution in [0.4, 0.5) is 11.4 Å². The van der Waals surface area contributed by atoms with E-state index in [-0.39, 0.29) is 12.5 Å². The predicted molar refractivity (Wildman–Crippen MR) is 72.4 cm³/mol. The van der Waals surface area contributed by atoms with Gasteiger partial charge < -0.3 is 15.7 Å². The highest BCUT2D eigenvalue weighted by atomic mass is 16.3. The first-order valence-electron chi connectivity index (χ1n) is 6.47. The Morgan fingerprint density at radius 3 is 2.59 bits per heavy atom. The van der Waals surface area contributed by atoms with Crippen LogP contribution in [0, 0.1) is 0 Å². The molecule has 0 bridgehead atoms. The summed E-state index contributed by atoms with van der Waals surface area (Å²) < 4.78 is 0. The van der Waals surface area contributed by atoms with E-state index in [9.17, 15) is 0 Å². The van der Waals surface area contributed by atoms with Crippen LogP contribution in [0.15, 0.2) is 18.2 Å². The van der Waals surface area contributed by atoms with Gasteiger partial charge in [0.15, 0.2) is 0 Å². The van der Waals surface area contributed by atoms with Gasteiger partial charge in [-0.25, -0.2) is 0 Å². The van der Waals surface area contributed by atoms with Crippen molar-refractivity contribution in [2.45, 2.75) is 32.1 Å². The van der Waals surface area contributed by atoms with E-state index in [2.05, 4.69) is 17.0 Å². The van der Waals surface area contributed by atoms with E-state index in [0.717, 1.165) is 30.0 Å². The van der Waals surface area contributed by atoms with Gasteiger partial charge in [0.2, 0.25) is 0 Å². The minimum atomic E-state index is 0.160. The van der Waals surface area contributed by atoms with Crippen molar-refractivity contribution >= 4 is 11.4 Å². The fraction of sp³-hybridized carbons (Fsp3) is 0.571. The van der Waals surface area contributed by atoms with Gasteiger partial charge in [-0.3, -0.25) is 0 Å². The first-order chi connectivity index (χ1) is 8.22. The second-order valence-corrected chi connectivity index (χ2v) is 4.95. The SMILES string of the molecule is CC(CO)c1ccc(N2CCCCC2)c(N)c1. The standard InChI is InChI=1S/C14H22N2O/c1-11(10-17)12-5-6-14(13(15)9-12)16-7-3-2-4-8-16/h5-6,9,11,17H,2-4,7-8,10,15H2,1H3. The molecule has 0 spiro atoms. The first-order valence-corrected chi connectivity index (χ1v) is 6.47. The van der Waals surface area contributed by atoms with Gasteiger partial charge in [0.1, 0.15) is 0 Å². The van der Waals surface area contributed by atoms with E-state index < -0.39 is 0 Å². The molecule has 1 aromatic carbocycles. The molecule has 3 nitrogen and oxygen atoms in total. The maximum absolute atomic E-state index is 9.15. The molecule has 94 valence electrons. The molecule has 1 aliphatic heterocycles. The average Bonchev–Trinajstić information content (AvgIpc) is 2.38. The van der Waals surface area contributed by atoms with Crippen molar-refractivity contribution in [2.24, 2.45) is 0 Å². The number of hydrogen-bond acceptors (Lipinski definition) is 3. The van der Waals surface area contributed by atoms with Gasteiger partial charge in [0, 0.05) is 25.6 Å². The number of nitrogens with two attached hydrogens (primary N) is 1. The van der Waals surface area contributed by atoms with Crippen molar-refractivity contribution in [3.8, 4) is 0 Å². The van der Waals surface area contributed by atoms with Crippen LogP contribution in [-0.4, -0.2) is 24.8 Å². The molecule has 0 aliphatic carbocycles. The van der Waals surface area contributed by atoms with E-state index in [4.69, 9.17) is 10.8 Å². The van der Waals surface area contributed by atoms with Crippen LogP contribution in [0.5, 0.6) is 0 Å². The number of hydrogen-bond donors (Lipinski definition) is 2. The number of benzene rings is 1. The second kappa shape index (κ2) is 5.41. The minimum absolute atomic E-state index is 0.160. The number of nitrogens with zero attached hydrogens (tertiary/aromatic N) is 1. The summed E-state index contributed by atoms with van der Waals surface area (Å²) in [4.78, 5) is 2.37. The maximum Gasteiger partial charge on any atom is 0.0600 e. The molecule has 1 atom stereocenters. The molecule has 1 aromatic rings. The number of anilines is 2. The Bertz CT molecular complexity index is 372. The molecular formula is C14H22N2O. The quantitative estimate of drug-likeness (QED) is 0.789. The lowest BCUT2D eigenvalue weighted by atomic mass is 10.00. The summed E-state index contributed by atoms with van der Waals surface area (Å²) in [5.41, 5.74) is 9.23. The van der Waals surface area contributed by atoms with Gasteiger partial charge >= 0.3 is 0 Å². The average molecular weight is 234 g/mol. The Morgan fingerprint density at radius 1 is 1.29 bits per heavy atom. The van der Waals surface area contributed by atoms with Gasteiger partial charge in [0.25, 0.3) is 0 Å². The summed E-state index contributed by atoms with van der Waals surface area (Å²) in [5, 5.41) is 9.15. The van der Waals surface area contributed by atoms with E-state index in [1.165, 1.54) is 19.3 Å². The van der Waals surface area contributed by atoms with Crippen molar-refractivity contribution in [3.05, 3.63) is 23.8 Å². The number of rotatable bonds is 3. The number of nitrogen functional groups attached to an aromatic ring is 1. The normalized spacial score (nSPS) is 18.1. The summed E-state index contributed by atoms with van der Waals surface area (Å²) in [6.45, 7) is 4.40. The molecule has 1 unspecified atom stereocenters. The van der Waals surface area contributed by atoms with Crippen LogP contribution in [-0.2, 0) is 0 Å². The summed E-state index contributed by atoms with van der Waals surface area (Å²) in [5.74, 6) is 0.160. The third-order valence-corrected chi connectivity index (χ3v) is 3.59. The molecule has 0 amide bonds. The first kappa shape index (κ1) is 12.2. The molecule has 1 saturated heterocycles. The maximum atomic E-state index is 9.15. The summed E-state index contributed by atoms with van der Waals surface area (Å²) in [7, 11) is 0. The predicted octanol–water partition coefficient (Wildman–Crippen LogP) is 2.35. The zero-order chi connectivity index (χ0) is 12.3. The van der Waals surface area contributed by atoms with E-state index in [1.54, 1.807) is 0 Å². The number of aliphatic hydroxyl groups is 1. The van der Waals surface area contributed by atoms with Crippen molar-refractivity contribution in [3.63, 3.8) is 0 Å². The molecule has 0 radical (unpaired) electrons. The third-order valence-electron chi connectivity index (χ3n) is 3.59. The lowest BCUT2D eigenvalue weighted by Crippen LogP contribution is -2.30. The highest BCUT2D eigenvalue weighted by Gasteiger charge is 2.14. The van der Waals surface area contributed by atoms with Crippen molar-refractivity contribution in [1.29, 1.82) is 0 Å². The van der Waals surface area contributed by atoms with Gasteiger partial charge in [-0.2, -0.15) is 0 Å². The Morgan fingerprint density at radius 2 is 2.00 bits per heavy atom. The Labute approximate surface area is 103 Å². The molecular weight excluding hydrogens is 212 g/mol. The monoisotopic (exact) mass is 234 g/mol. The zero-order valence-corrected chi connectivity index (χ0v) is 10.5. The minimum Gasteiger partial charge on any atom is -0.397 e. The van der Waals surface area contributed by atoms with Crippen LogP contribution in [0.1, 0.15) is 37.7 Å². The van der Waals surface area contributed by atoms with Crippen molar-refractivity contribution < 1.29 is 5.11 Å². The summed E-state index contributed by atoms with van der Waals surface area (Å²) in [6.07, 6.45) is 3.85. The Kier molecular flexibility index (Phi) is 3.89. The molecule has 3 heteroatoms. The van der Waals surface area contributed by atoms with Crippen molar-refractivity contribution in [1.82, 2.24) is 0 Å². The van der Waals surface area contributed by atoms with Crippen LogP contribution in [0.2, 0.25) is 0 Å². The molecule has 0 saturated carbocycles. The lowest BCUT2D eigenvalue weighted by molar-refractivity contribution is 0.273. The zero-order valence-electron chi connectivity index (χ0n) is 10.5. The molecule has 1 fully saturated rings. The smallest absolute Gasteiger partial charge is 0.0600 e. The highest BCUT2D eigenvalue weighted by Crippen LogP contribution is 2.29. The van der Waals surface area contributed by atoms with E-state index in [0.29, 0.717) is 0 Å². The molecule has 1 heterocycles. The number of aliphatic hydroxyl groups excluding tert-OH is 1. The highest BCUT2D eigenvalue weighted by molar-refractivity contribution is 5.68. The molecule has 0 aromatic heterocycles. The molecule has 1 aliphatic rings. The van der Waals surface area contributed by atoms with Crippen LogP contribution < -0.4 is 10.6 Å². The van der Waals surface area contributed by atoms with Gasteiger partial charge in [-0.15, -0.1) is 0 Å². The van der Waals surface area contributed by atoms with E-state index in [1.807, 2.05) is 13.0 Å². The second-order valence-electron chi connectivity index (χ2n) is 4.95. The molecule has 17 heavy (non-hydrogen) atoms. The lowest BCUT2D eigenvalue weighted by Gasteiger charge is -2.30. The Hall–Kier alpha value is -1.22. The number of piperidine rings is 1. The van der Waals surface area contributed by atoms with Gasteiger partial charge in [0.05, 0.1) is 11.4 Å². The topological polar surface area (TPSA) is 49.5 Å². The largest absolute Gasteiger partial charge is 0.397 e. The van der Waals surface area contributed by atoms with Crippen molar-refractivity contribution in [2.75, 3.05) is 30.3 Å². The van der Waals surface area contributed by atoms with Crippen LogP contribution in [0.3, 0.4) is 0 Å². The van der Waals surface area contributed by atoms with Gasteiger partial charge in [-0.05, 0) is 37.0 Å². The van der Waals surface area contributed by atoms with Crippen LogP contribution in [0.25, 0.3) is 0 Å².